The van der Waals surface area contributed by atoms with E-state index in [9.17, 15) is 17.6 Å². The average molecular weight is 471 g/mol. The van der Waals surface area contributed by atoms with Crippen LogP contribution in [0.3, 0.4) is 0 Å². The predicted octanol–water partition coefficient (Wildman–Crippen LogP) is 6.73. The summed E-state index contributed by atoms with van der Waals surface area (Å²) in [6.45, 7) is 5.80. The van der Waals surface area contributed by atoms with E-state index in [0.717, 1.165) is 41.4 Å². The summed E-state index contributed by atoms with van der Waals surface area (Å²) in [6, 6.07) is 7.99. The molecule has 0 spiro atoms. The third kappa shape index (κ3) is 5.21. The van der Waals surface area contributed by atoms with Crippen LogP contribution in [0.5, 0.6) is 0 Å². The van der Waals surface area contributed by atoms with Gasteiger partial charge in [0.25, 0.3) is 0 Å². The van der Waals surface area contributed by atoms with Crippen molar-refractivity contribution in [3.05, 3.63) is 77.5 Å². The van der Waals surface area contributed by atoms with Crippen LogP contribution in [0.1, 0.15) is 35.2 Å². The Labute approximate surface area is 196 Å². The molecule has 0 atom stereocenters. The summed E-state index contributed by atoms with van der Waals surface area (Å²) in [5.74, 6) is 0.854. The number of alkyl halides is 3. The molecular weight excluding hydrogens is 444 g/mol. The largest absolute Gasteiger partial charge is 0.418 e. The molecule has 0 saturated heterocycles. The van der Waals surface area contributed by atoms with Crippen LogP contribution in [-0.2, 0) is 12.6 Å². The predicted molar refractivity (Wildman–Crippen MR) is 127 cm³/mol. The van der Waals surface area contributed by atoms with E-state index in [2.05, 4.69) is 27.2 Å². The van der Waals surface area contributed by atoms with Crippen LogP contribution in [0, 0.1) is 18.7 Å². The number of allylic oxidation sites excluding steroid dienone is 1. The number of hydrogen-bond donors (Lipinski definition) is 2. The number of aromatic nitrogens is 2. The molecule has 4 rings (SSSR count). The van der Waals surface area contributed by atoms with Crippen molar-refractivity contribution in [3.8, 4) is 11.1 Å². The number of aryl methyl sites for hydroxylation is 1. The highest BCUT2D eigenvalue weighted by Crippen LogP contribution is 2.43. The van der Waals surface area contributed by atoms with Gasteiger partial charge in [0.15, 0.2) is 0 Å². The lowest BCUT2D eigenvalue weighted by molar-refractivity contribution is -0.138. The summed E-state index contributed by atoms with van der Waals surface area (Å²) in [4.78, 5) is 8.29. The Morgan fingerprint density at radius 1 is 1.09 bits per heavy atom. The quantitative estimate of drug-likeness (QED) is 0.359. The van der Waals surface area contributed by atoms with Crippen molar-refractivity contribution in [1.82, 2.24) is 9.97 Å². The number of nitrogens with zero attached hydrogens (tertiary/aromatic N) is 2. The maximum absolute atomic E-state index is 14.8. The van der Waals surface area contributed by atoms with Gasteiger partial charge in [0.2, 0.25) is 0 Å². The number of rotatable bonds is 8. The fourth-order valence-electron chi connectivity index (χ4n) is 3.91. The summed E-state index contributed by atoms with van der Waals surface area (Å²) in [7, 11) is 1.81. The topological polar surface area (TPSA) is 49.8 Å². The van der Waals surface area contributed by atoms with Gasteiger partial charge in [-0.2, -0.15) is 13.2 Å². The average Bonchev–Trinajstić information content (AvgIpc) is 3.65. The number of halogens is 4. The van der Waals surface area contributed by atoms with Gasteiger partial charge in [0.1, 0.15) is 11.6 Å². The first-order chi connectivity index (χ1) is 16.2. The van der Waals surface area contributed by atoms with Crippen LogP contribution >= 0.6 is 0 Å². The zero-order valence-corrected chi connectivity index (χ0v) is 19.1. The highest BCUT2D eigenvalue weighted by atomic mass is 19.4. The zero-order valence-electron chi connectivity index (χ0n) is 19.1. The highest BCUT2D eigenvalue weighted by molar-refractivity contribution is 5.79. The van der Waals surface area contributed by atoms with Crippen LogP contribution < -0.4 is 10.6 Å². The standard InChI is InChI=1S/C26H26F4N4/c1-15(17-4-5-17)22-10-20(13-34-25(22)31-3)19-7-6-18(24(27)11-19)8-9-32-21-12-23(26(28,29)30)16(2)33-14-21/h6-7,10-14,17,32H,1,4-5,8-9H2,2-3H3,(H,31,34). The monoisotopic (exact) mass is 470 g/mol. The Morgan fingerprint density at radius 2 is 1.85 bits per heavy atom. The minimum absolute atomic E-state index is 0.0826. The Morgan fingerprint density at radius 3 is 2.50 bits per heavy atom. The summed E-state index contributed by atoms with van der Waals surface area (Å²) < 4.78 is 54.0. The molecule has 0 bridgehead atoms. The van der Waals surface area contributed by atoms with Crippen LogP contribution in [0.2, 0.25) is 0 Å². The molecule has 8 heteroatoms. The number of hydrogen-bond acceptors (Lipinski definition) is 4. The van der Waals surface area contributed by atoms with Crippen molar-refractivity contribution in [2.45, 2.75) is 32.4 Å². The van der Waals surface area contributed by atoms with Gasteiger partial charge in [-0.15, -0.1) is 0 Å². The molecule has 1 aliphatic carbocycles. The number of nitrogens with one attached hydrogen (secondary N) is 2. The molecule has 2 aromatic heterocycles. The van der Waals surface area contributed by atoms with Crippen molar-refractivity contribution in [1.29, 1.82) is 0 Å². The van der Waals surface area contributed by atoms with Gasteiger partial charge in [0, 0.05) is 36.6 Å². The second-order valence-electron chi connectivity index (χ2n) is 8.51. The van der Waals surface area contributed by atoms with E-state index in [0.29, 0.717) is 23.5 Å². The van der Waals surface area contributed by atoms with Gasteiger partial charge in [-0.1, -0.05) is 18.7 Å². The van der Waals surface area contributed by atoms with Crippen LogP contribution in [0.4, 0.5) is 29.1 Å². The number of pyridine rings is 2. The van der Waals surface area contributed by atoms with Crippen molar-refractivity contribution < 1.29 is 17.6 Å². The van der Waals surface area contributed by atoms with Gasteiger partial charge < -0.3 is 10.6 Å². The normalized spacial score (nSPS) is 13.6. The minimum atomic E-state index is -4.47. The zero-order chi connectivity index (χ0) is 24.5. The van der Waals surface area contributed by atoms with Crippen molar-refractivity contribution in [2.75, 3.05) is 24.2 Å². The fourth-order valence-corrected chi connectivity index (χ4v) is 3.91. The molecule has 3 aromatic rings. The molecule has 1 aromatic carbocycles. The molecule has 34 heavy (non-hydrogen) atoms. The second-order valence-corrected chi connectivity index (χ2v) is 8.51. The molecular formula is C26H26F4N4. The molecule has 4 nitrogen and oxygen atoms in total. The number of benzene rings is 1. The Balaban J connectivity index is 1.46. The third-order valence-corrected chi connectivity index (χ3v) is 6.04. The Kier molecular flexibility index (Phi) is 6.59. The summed E-state index contributed by atoms with van der Waals surface area (Å²) in [5, 5.41) is 5.99. The lowest BCUT2D eigenvalue weighted by Crippen LogP contribution is -2.11. The molecule has 2 heterocycles. The van der Waals surface area contributed by atoms with Crippen LogP contribution in [0.25, 0.3) is 16.7 Å². The van der Waals surface area contributed by atoms with Gasteiger partial charge in [-0.25, -0.2) is 9.37 Å². The summed E-state index contributed by atoms with van der Waals surface area (Å²) in [5.41, 5.74) is 3.33. The lowest BCUT2D eigenvalue weighted by atomic mass is 9.98. The number of anilines is 2. The highest BCUT2D eigenvalue weighted by Gasteiger charge is 2.33. The van der Waals surface area contributed by atoms with Crippen molar-refractivity contribution in [3.63, 3.8) is 0 Å². The van der Waals surface area contributed by atoms with E-state index in [1.54, 1.807) is 12.3 Å². The molecule has 2 N–H and O–H groups in total. The van der Waals surface area contributed by atoms with Gasteiger partial charge in [0.05, 0.1) is 17.4 Å². The lowest BCUT2D eigenvalue weighted by Gasteiger charge is -2.14. The first-order valence-corrected chi connectivity index (χ1v) is 11.1. The van der Waals surface area contributed by atoms with E-state index in [4.69, 9.17) is 0 Å². The molecule has 0 radical (unpaired) electrons. The molecule has 0 aliphatic heterocycles. The van der Waals surface area contributed by atoms with Crippen LogP contribution in [0.15, 0.2) is 49.3 Å². The fraction of sp³-hybridized carbons (Fsp3) is 0.308. The molecule has 0 unspecified atom stereocenters. The van der Waals surface area contributed by atoms with Gasteiger partial charge in [-0.3, -0.25) is 4.98 Å². The second kappa shape index (κ2) is 9.44. The molecule has 1 aliphatic rings. The van der Waals surface area contributed by atoms with E-state index >= 15 is 0 Å². The third-order valence-electron chi connectivity index (χ3n) is 6.04. The van der Waals surface area contributed by atoms with Gasteiger partial charge in [-0.05, 0) is 67.0 Å². The molecule has 1 fully saturated rings. The molecule has 1 saturated carbocycles. The first-order valence-electron chi connectivity index (χ1n) is 11.1. The van der Waals surface area contributed by atoms with Crippen molar-refractivity contribution >= 4 is 17.1 Å². The molecule has 178 valence electrons. The first kappa shape index (κ1) is 23.7. The van der Waals surface area contributed by atoms with E-state index < -0.39 is 11.7 Å². The maximum Gasteiger partial charge on any atom is 0.418 e. The SMILES string of the molecule is C=C(c1cc(-c2ccc(CCNc3cnc(C)c(C(F)(F)F)c3)c(F)c2)cnc1NC)C1CC1. The summed E-state index contributed by atoms with van der Waals surface area (Å²) in [6.07, 6.45) is 1.14. The van der Waals surface area contributed by atoms with Crippen LogP contribution in [-0.4, -0.2) is 23.6 Å². The maximum atomic E-state index is 14.8. The van der Waals surface area contributed by atoms with Gasteiger partial charge >= 0.3 is 6.18 Å². The smallest absolute Gasteiger partial charge is 0.383 e. The Bertz CT molecular complexity index is 1220. The van der Waals surface area contributed by atoms with E-state index in [-0.39, 0.29) is 23.7 Å². The van der Waals surface area contributed by atoms with E-state index in [1.807, 2.05) is 19.2 Å². The minimum Gasteiger partial charge on any atom is -0.383 e. The van der Waals surface area contributed by atoms with Crippen molar-refractivity contribution in [2.24, 2.45) is 5.92 Å². The van der Waals surface area contributed by atoms with E-state index in [1.165, 1.54) is 19.2 Å². The molecule has 0 amide bonds. The Hall–Kier alpha value is -3.42. The summed E-state index contributed by atoms with van der Waals surface area (Å²) >= 11 is 0.